The lowest BCUT2D eigenvalue weighted by Crippen LogP contribution is -2.28. The summed E-state index contributed by atoms with van der Waals surface area (Å²) >= 11 is 0. The maximum atomic E-state index is 14.9. The highest BCUT2D eigenvalue weighted by molar-refractivity contribution is 5.89. The number of carboxylic acid groups (broad SMARTS) is 1. The number of carboxylic acids is 1. The first kappa shape index (κ1) is 17.0. The summed E-state index contributed by atoms with van der Waals surface area (Å²) in [6, 6.07) is 1.46. The quantitative estimate of drug-likeness (QED) is 0.806. The molecule has 1 unspecified atom stereocenters. The number of aromatic carboxylic acids is 1. The van der Waals surface area contributed by atoms with Crippen molar-refractivity contribution in [2.24, 2.45) is 5.90 Å². The van der Waals surface area contributed by atoms with Gasteiger partial charge in [-0.15, -0.1) is 0 Å². The lowest BCUT2D eigenvalue weighted by atomic mass is 10.0. The smallest absolute Gasteiger partial charge is 0.341 e. The molecular formula is C18H20FN3O4. The van der Waals surface area contributed by atoms with Gasteiger partial charge in [-0.3, -0.25) is 14.0 Å². The lowest BCUT2D eigenvalue weighted by Gasteiger charge is -2.24. The molecule has 26 heavy (non-hydrogen) atoms. The fourth-order valence-electron chi connectivity index (χ4n) is 3.93. The maximum Gasteiger partial charge on any atom is 0.341 e. The molecule has 0 aromatic carbocycles. The lowest BCUT2D eigenvalue weighted by molar-refractivity contribution is 0.0688. The molecule has 2 fully saturated rings. The second-order valence-electron chi connectivity index (χ2n) is 7.06. The van der Waals surface area contributed by atoms with Gasteiger partial charge >= 0.3 is 5.97 Å². The van der Waals surface area contributed by atoms with Crippen molar-refractivity contribution in [3.8, 4) is 0 Å². The average molecular weight is 361 g/mol. The minimum absolute atomic E-state index is 0.162. The van der Waals surface area contributed by atoms with Crippen molar-refractivity contribution in [3.05, 3.63) is 45.1 Å². The minimum atomic E-state index is -1.30. The van der Waals surface area contributed by atoms with Gasteiger partial charge in [0.05, 0.1) is 23.5 Å². The van der Waals surface area contributed by atoms with E-state index in [9.17, 15) is 19.1 Å². The Labute approximate surface area is 148 Å². The topological polar surface area (TPSA) is 97.3 Å². The van der Waals surface area contributed by atoms with Gasteiger partial charge in [-0.1, -0.05) is 0 Å². The van der Waals surface area contributed by atoms with Crippen molar-refractivity contribution in [2.45, 2.75) is 38.2 Å². The average Bonchev–Trinajstić information content (AvgIpc) is 3.33. The van der Waals surface area contributed by atoms with Crippen LogP contribution in [0.25, 0.3) is 5.52 Å². The van der Waals surface area contributed by atoms with Crippen molar-refractivity contribution in [3.63, 3.8) is 0 Å². The van der Waals surface area contributed by atoms with Crippen LogP contribution in [0.2, 0.25) is 0 Å². The molecule has 3 heterocycles. The third-order valence-electron chi connectivity index (χ3n) is 5.34. The highest BCUT2D eigenvalue weighted by Crippen LogP contribution is 2.44. The third kappa shape index (κ3) is 2.57. The number of hydrogen-bond acceptors (Lipinski definition) is 5. The van der Waals surface area contributed by atoms with Crippen LogP contribution in [0, 0.1) is 12.7 Å². The number of rotatable bonds is 4. The molecule has 0 radical (unpaired) electrons. The van der Waals surface area contributed by atoms with Crippen LogP contribution in [0.5, 0.6) is 0 Å². The van der Waals surface area contributed by atoms with Gasteiger partial charge in [0, 0.05) is 13.1 Å². The Balaban J connectivity index is 1.97. The second-order valence-corrected chi connectivity index (χ2v) is 7.06. The molecule has 2 aromatic rings. The summed E-state index contributed by atoms with van der Waals surface area (Å²) in [7, 11) is 0. The molecule has 7 nitrogen and oxygen atoms in total. The minimum Gasteiger partial charge on any atom is -0.477 e. The van der Waals surface area contributed by atoms with Crippen LogP contribution in [-0.2, 0) is 4.84 Å². The zero-order valence-corrected chi connectivity index (χ0v) is 14.4. The maximum absolute atomic E-state index is 14.9. The van der Waals surface area contributed by atoms with E-state index in [2.05, 4.69) is 0 Å². The van der Waals surface area contributed by atoms with Crippen molar-refractivity contribution in [1.29, 1.82) is 0 Å². The van der Waals surface area contributed by atoms with Gasteiger partial charge in [-0.25, -0.2) is 15.1 Å². The molecule has 3 N–H and O–H groups in total. The number of nitrogens with two attached hydrogens (primary N) is 1. The molecule has 138 valence electrons. The Kier molecular flexibility index (Phi) is 3.96. The van der Waals surface area contributed by atoms with Gasteiger partial charge < -0.3 is 10.0 Å². The van der Waals surface area contributed by atoms with Crippen LogP contribution in [0.3, 0.4) is 0 Å². The molecule has 1 aliphatic carbocycles. The summed E-state index contributed by atoms with van der Waals surface area (Å²) in [5.41, 5.74) is 1.43. The van der Waals surface area contributed by atoms with Crippen LogP contribution in [-0.4, -0.2) is 34.7 Å². The second kappa shape index (κ2) is 6.07. The molecule has 1 saturated heterocycles. The van der Waals surface area contributed by atoms with Crippen molar-refractivity contribution >= 4 is 17.2 Å². The monoisotopic (exact) mass is 361 g/mol. The Morgan fingerprint density at radius 1 is 1.38 bits per heavy atom. The predicted molar refractivity (Wildman–Crippen MR) is 93.2 cm³/mol. The number of halogens is 1. The number of nitrogens with zero attached hydrogens (tertiary/aromatic N) is 2. The predicted octanol–water partition coefficient (Wildman–Crippen LogP) is 1.79. The van der Waals surface area contributed by atoms with Crippen LogP contribution in [0.1, 0.15) is 46.7 Å². The third-order valence-corrected chi connectivity index (χ3v) is 5.34. The number of aryl methyl sites for hydroxylation is 1. The van der Waals surface area contributed by atoms with Crippen LogP contribution >= 0.6 is 0 Å². The van der Waals surface area contributed by atoms with E-state index in [1.807, 2.05) is 4.90 Å². The van der Waals surface area contributed by atoms with E-state index in [-0.39, 0.29) is 17.6 Å². The van der Waals surface area contributed by atoms with E-state index in [0.29, 0.717) is 36.3 Å². The molecule has 2 aromatic heterocycles. The summed E-state index contributed by atoms with van der Waals surface area (Å²) in [4.78, 5) is 30.7. The summed E-state index contributed by atoms with van der Waals surface area (Å²) in [5.74, 6) is 3.61. The van der Waals surface area contributed by atoms with Gasteiger partial charge in [-0.2, -0.15) is 0 Å². The van der Waals surface area contributed by atoms with E-state index in [4.69, 9.17) is 10.7 Å². The van der Waals surface area contributed by atoms with Crippen molar-refractivity contribution in [2.75, 3.05) is 18.0 Å². The standard InChI is InChI=1S/C18H20FN3O4/c1-9-15-12(10-2-3-10)6-13(18(24)25)17(23)22(15)8-14(19)16(9)21-5-4-11(7-21)26-20/h6,8,10-11H,2-5,7,20H2,1H3,(H,24,25). The highest BCUT2D eigenvalue weighted by atomic mass is 19.1. The van der Waals surface area contributed by atoms with E-state index < -0.39 is 17.3 Å². The molecular weight excluding hydrogens is 341 g/mol. The van der Waals surface area contributed by atoms with Gasteiger partial charge in [-0.05, 0) is 49.3 Å². The molecule has 0 spiro atoms. The fraction of sp³-hybridized carbons (Fsp3) is 0.444. The van der Waals surface area contributed by atoms with E-state index in [0.717, 1.165) is 29.0 Å². The van der Waals surface area contributed by atoms with Gasteiger partial charge in [0.25, 0.3) is 5.56 Å². The van der Waals surface area contributed by atoms with Crippen LogP contribution in [0.15, 0.2) is 17.1 Å². The zero-order valence-electron chi connectivity index (χ0n) is 14.4. The Morgan fingerprint density at radius 3 is 2.69 bits per heavy atom. The van der Waals surface area contributed by atoms with Crippen molar-refractivity contribution < 1.29 is 19.1 Å². The van der Waals surface area contributed by atoms with Crippen molar-refractivity contribution in [1.82, 2.24) is 4.40 Å². The number of aromatic nitrogens is 1. The highest BCUT2D eigenvalue weighted by Gasteiger charge is 2.32. The molecule has 1 saturated carbocycles. The Hall–Kier alpha value is -2.45. The Bertz CT molecular complexity index is 967. The number of hydrogen-bond donors (Lipinski definition) is 2. The first-order valence-corrected chi connectivity index (χ1v) is 8.64. The molecule has 0 bridgehead atoms. The number of carbonyl (C=O) groups is 1. The summed E-state index contributed by atoms with van der Waals surface area (Å²) in [5, 5.41) is 9.33. The van der Waals surface area contributed by atoms with Gasteiger partial charge in [0.15, 0.2) is 5.82 Å². The molecule has 1 atom stereocenters. The molecule has 0 amide bonds. The molecule has 4 rings (SSSR count). The summed E-state index contributed by atoms with van der Waals surface area (Å²) in [6.45, 7) is 2.85. The SMILES string of the molecule is Cc1c(N2CCC(ON)C2)c(F)cn2c(=O)c(C(=O)O)cc(C3CC3)c12. The molecule has 1 aliphatic heterocycles. The normalized spacial score (nSPS) is 20.1. The largest absolute Gasteiger partial charge is 0.477 e. The van der Waals surface area contributed by atoms with E-state index >= 15 is 0 Å². The number of anilines is 1. The van der Waals surface area contributed by atoms with Crippen LogP contribution < -0.4 is 16.4 Å². The number of pyridine rings is 2. The van der Waals surface area contributed by atoms with Gasteiger partial charge in [0.2, 0.25) is 0 Å². The first-order chi connectivity index (χ1) is 12.4. The Morgan fingerprint density at radius 2 is 2.12 bits per heavy atom. The van der Waals surface area contributed by atoms with Crippen LogP contribution in [0.4, 0.5) is 10.1 Å². The molecule has 8 heteroatoms. The van der Waals surface area contributed by atoms with E-state index in [1.165, 1.54) is 6.07 Å². The zero-order chi connectivity index (χ0) is 18.6. The summed E-state index contributed by atoms with van der Waals surface area (Å²) < 4.78 is 16.1. The number of fused-ring (bicyclic) bond motifs is 1. The summed E-state index contributed by atoms with van der Waals surface area (Å²) in [6.07, 6.45) is 3.51. The first-order valence-electron chi connectivity index (χ1n) is 8.64. The van der Waals surface area contributed by atoms with E-state index in [1.54, 1.807) is 6.92 Å². The van der Waals surface area contributed by atoms with Gasteiger partial charge in [0.1, 0.15) is 5.56 Å². The fourth-order valence-corrected chi connectivity index (χ4v) is 3.93. The molecule has 2 aliphatic rings.